The lowest BCUT2D eigenvalue weighted by Gasteiger charge is -2.07. The van der Waals surface area contributed by atoms with Crippen LogP contribution >= 0.6 is 11.6 Å². The van der Waals surface area contributed by atoms with Crippen LogP contribution in [-0.2, 0) is 0 Å². The first-order valence-electron chi connectivity index (χ1n) is 5.05. The zero-order valence-corrected chi connectivity index (χ0v) is 10.0. The van der Waals surface area contributed by atoms with E-state index in [1.165, 1.54) is 18.3 Å². The molecule has 0 aliphatic carbocycles. The Kier molecular flexibility index (Phi) is 3.71. The fraction of sp³-hybridized carbons (Fsp3) is 0. The first kappa shape index (κ1) is 13.4. The zero-order chi connectivity index (χ0) is 14.0. The Morgan fingerprint density at radius 2 is 1.79 bits per heavy atom. The number of pyridine rings is 1. The summed E-state index contributed by atoms with van der Waals surface area (Å²) in [5, 5.41) is 2.20. The van der Waals surface area contributed by atoms with Crippen molar-refractivity contribution in [1.82, 2.24) is 4.98 Å². The highest BCUT2D eigenvalue weighted by atomic mass is 35.5. The van der Waals surface area contributed by atoms with Crippen molar-refractivity contribution < 1.29 is 18.0 Å². The molecule has 2 rings (SSSR count). The molecule has 7 heteroatoms. The summed E-state index contributed by atoms with van der Waals surface area (Å²) in [5.41, 5.74) is -0.346. The average Bonchev–Trinajstić information content (AvgIpc) is 2.36. The number of halogens is 4. The van der Waals surface area contributed by atoms with Crippen molar-refractivity contribution in [3.05, 3.63) is 58.6 Å². The van der Waals surface area contributed by atoms with Gasteiger partial charge in [-0.25, -0.2) is 18.2 Å². The number of amides is 1. The first-order valence-corrected chi connectivity index (χ1v) is 5.42. The van der Waals surface area contributed by atoms with Crippen LogP contribution in [0.2, 0.25) is 5.15 Å². The monoisotopic (exact) mass is 286 g/mol. The van der Waals surface area contributed by atoms with Gasteiger partial charge in [0.15, 0.2) is 11.6 Å². The molecule has 1 N–H and O–H groups in total. The highest BCUT2D eigenvalue weighted by Crippen LogP contribution is 2.19. The third-order valence-electron chi connectivity index (χ3n) is 2.25. The van der Waals surface area contributed by atoms with Gasteiger partial charge < -0.3 is 5.32 Å². The Balaban J connectivity index is 2.27. The number of nitrogens with zero attached hydrogens (tertiary/aromatic N) is 1. The third-order valence-corrected chi connectivity index (χ3v) is 2.45. The van der Waals surface area contributed by atoms with Gasteiger partial charge in [0.1, 0.15) is 11.0 Å². The molecule has 0 bridgehead atoms. The van der Waals surface area contributed by atoms with Crippen LogP contribution in [0.1, 0.15) is 10.4 Å². The maximum Gasteiger partial charge on any atom is 0.255 e. The molecule has 0 aliphatic rings. The molecule has 3 nitrogen and oxygen atoms in total. The normalized spacial score (nSPS) is 10.3. The van der Waals surface area contributed by atoms with Gasteiger partial charge in [0.25, 0.3) is 5.91 Å². The Hall–Kier alpha value is -2.08. The number of nitrogens with one attached hydrogen (secondary N) is 1. The van der Waals surface area contributed by atoms with Crippen LogP contribution in [0.4, 0.5) is 18.9 Å². The minimum atomic E-state index is -1.33. The topological polar surface area (TPSA) is 42.0 Å². The van der Waals surface area contributed by atoms with Gasteiger partial charge in [-0.05, 0) is 12.1 Å². The summed E-state index contributed by atoms with van der Waals surface area (Å²) >= 11 is 5.59. The van der Waals surface area contributed by atoms with E-state index in [-0.39, 0.29) is 10.7 Å². The van der Waals surface area contributed by atoms with E-state index >= 15 is 0 Å². The molecular weight excluding hydrogens is 281 g/mol. The number of carbonyl (C=O) groups excluding carboxylic acids is 1. The fourth-order valence-corrected chi connectivity index (χ4v) is 1.53. The van der Waals surface area contributed by atoms with Crippen molar-refractivity contribution >= 4 is 23.2 Å². The SMILES string of the molecule is O=C(Nc1cc(F)c(F)cc1F)c1ccnc(Cl)c1. The molecule has 0 radical (unpaired) electrons. The van der Waals surface area contributed by atoms with Crippen molar-refractivity contribution in [2.75, 3.05) is 5.32 Å². The van der Waals surface area contributed by atoms with E-state index in [9.17, 15) is 18.0 Å². The van der Waals surface area contributed by atoms with E-state index in [0.29, 0.717) is 12.1 Å². The van der Waals surface area contributed by atoms with Crippen molar-refractivity contribution in [2.45, 2.75) is 0 Å². The highest BCUT2D eigenvalue weighted by Gasteiger charge is 2.13. The van der Waals surface area contributed by atoms with E-state index in [1.54, 1.807) is 0 Å². The molecule has 1 heterocycles. The third kappa shape index (κ3) is 3.03. The Labute approximate surface area is 111 Å². The second-order valence-electron chi connectivity index (χ2n) is 3.57. The van der Waals surface area contributed by atoms with E-state index < -0.39 is 29.0 Å². The van der Waals surface area contributed by atoms with Crippen LogP contribution in [0, 0.1) is 17.5 Å². The molecule has 19 heavy (non-hydrogen) atoms. The van der Waals surface area contributed by atoms with Crippen LogP contribution < -0.4 is 5.32 Å². The molecule has 0 spiro atoms. The van der Waals surface area contributed by atoms with Crippen LogP contribution in [0.25, 0.3) is 0 Å². The Morgan fingerprint density at radius 3 is 2.47 bits per heavy atom. The van der Waals surface area contributed by atoms with Gasteiger partial charge in [-0.2, -0.15) is 0 Å². The highest BCUT2D eigenvalue weighted by molar-refractivity contribution is 6.29. The lowest BCUT2D eigenvalue weighted by Crippen LogP contribution is -2.13. The van der Waals surface area contributed by atoms with Gasteiger partial charge in [-0.3, -0.25) is 4.79 Å². The number of benzene rings is 1. The zero-order valence-electron chi connectivity index (χ0n) is 9.25. The summed E-state index contributed by atoms with van der Waals surface area (Å²) in [6.07, 6.45) is 1.29. The second kappa shape index (κ2) is 5.27. The van der Waals surface area contributed by atoms with Gasteiger partial charge >= 0.3 is 0 Å². The summed E-state index contributed by atoms with van der Waals surface area (Å²) in [4.78, 5) is 15.4. The number of hydrogen-bond acceptors (Lipinski definition) is 2. The van der Waals surface area contributed by atoms with Gasteiger partial charge in [0, 0.05) is 23.9 Å². The first-order chi connectivity index (χ1) is 8.97. The largest absolute Gasteiger partial charge is 0.319 e. The molecule has 0 unspecified atom stereocenters. The van der Waals surface area contributed by atoms with E-state index in [0.717, 1.165) is 0 Å². The van der Waals surface area contributed by atoms with Gasteiger partial charge in [-0.15, -0.1) is 0 Å². The minimum absolute atomic E-state index is 0.0819. The molecule has 1 aromatic heterocycles. The van der Waals surface area contributed by atoms with Crippen molar-refractivity contribution in [2.24, 2.45) is 0 Å². The number of anilines is 1. The van der Waals surface area contributed by atoms with Crippen molar-refractivity contribution in [3.63, 3.8) is 0 Å². The fourth-order valence-electron chi connectivity index (χ4n) is 1.36. The molecule has 98 valence electrons. The van der Waals surface area contributed by atoms with E-state index in [4.69, 9.17) is 11.6 Å². The minimum Gasteiger partial charge on any atom is -0.319 e. The maximum atomic E-state index is 13.3. The van der Waals surface area contributed by atoms with Crippen LogP contribution in [0.15, 0.2) is 30.5 Å². The van der Waals surface area contributed by atoms with Gasteiger partial charge in [-0.1, -0.05) is 11.6 Å². The molecule has 1 aromatic carbocycles. The van der Waals surface area contributed by atoms with Crippen molar-refractivity contribution in [1.29, 1.82) is 0 Å². The predicted molar refractivity (Wildman–Crippen MR) is 63.5 cm³/mol. The lowest BCUT2D eigenvalue weighted by atomic mass is 10.2. The molecule has 0 saturated carbocycles. The number of aromatic nitrogens is 1. The van der Waals surface area contributed by atoms with E-state index in [1.807, 2.05) is 0 Å². The predicted octanol–water partition coefficient (Wildman–Crippen LogP) is 3.40. The summed E-state index contributed by atoms with van der Waals surface area (Å²) in [6.45, 7) is 0. The Morgan fingerprint density at radius 1 is 1.11 bits per heavy atom. The molecule has 0 atom stereocenters. The second-order valence-corrected chi connectivity index (χ2v) is 3.95. The Bertz CT molecular complexity index is 649. The van der Waals surface area contributed by atoms with Crippen LogP contribution in [-0.4, -0.2) is 10.9 Å². The number of hydrogen-bond donors (Lipinski definition) is 1. The van der Waals surface area contributed by atoms with Gasteiger partial charge in [0.2, 0.25) is 0 Å². The molecule has 0 saturated heterocycles. The summed E-state index contributed by atoms with van der Waals surface area (Å²) in [5.74, 6) is -4.38. The smallest absolute Gasteiger partial charge is 0.255 e. The summed E-state index contributed by atoms with van der Waals surface area (Å²) in [6, 6.07) is 3.52. The molecule has 0 fully saturated rings. The van der Waals surface area contributed by atoms with E-state index in [2.05, 4.69) is 10.3 Å². The average molecular weight is 287 g/mol. The van der Waals surface area contributed by atoms with Crippen LogP contribution in [0.3, 0.4) is 0 Å². The number of carbonyl (C=O) groups is 1. The standard InChI is InChI=1S/C12H6ClF3N2O/c13-11-3-6(1-2-17-11)12(19)18-10-5-8(15)7(14)4-9(10)16/h1-5H,(H,18,19). The molecule has 2 aromatic rings. The molecular formula is C12H6ClF3N2O. The summed E-state index contributed by atoms with van der Waals surface area (Å²) in [7, 11) is 0. The lowest BCUT2D eigenvalue weighted by molar-refractivity contribution is 0.102. The number of rotatable bonds is 2. The molecule has 0 aliphatic heterocycles. The molecule has 1 amide bonds. The summed E-state index contributed by atoms with van der Waals surface area (Å²) < 4.78 is 39.0. The van der Waals surface area contributed by atoms with Gasteiger partial charge in [0.05, 0.1) is 5.69 Å². The van der Waals surface area contributed by atoms with Crippen LogP contribution in [0.5, 0.6) is 0 Å². The van der Waals surface area contributed by atoms with Crippen molar-refractivity contribution in [3.8, 4) is 0 Å². The maximum absolute atomic E-state index is 13.3. The quantitative estimate of drug-likeness (QED) is 0.679.